The highest BCUT2D eigenvalue weighted by Crippen LogP contribution is 2.39. The molecule has 1 saturated heterocycles. The van der Waals surface area contributed by atoms with Gasteiger partial charge in [-0.3, -0.25) is 14.5 Å². The number of carboxylic acid groups (broad SMARTS) is 1. The van der Waals surface area contributed by atoms with Crippen molar-refractivity contribution in [3.63, 3.8) is 0 Å². The molecular weight excluding hydrogens is 553 g/mol. The molecule has 2 aromatic carbocycles. The number of nitrogens with zero attached hydrogens (tertiary/aromatic N) is 3. The largest absolute Gasteiger partial charge is 0.465 e. The van der Waals surface area contributed by atoms with Gasteiger partial charge in [-0.1, -0.05) is 35.9 Å². The van der Waals surface area contributed by atoms with E-state index < -0.39 is 78.7 Å². The highest BCUT2D eigenvalue weighted by Gasteiger charge is 2.52. The average molecular weight is 581 g/mol. The molecule has 2 atom stereocenters. The molecule has 2 aliphatic rings. The molecule has 1 aliphatic heterocycles. The first-order valence-corrected chi connectivity index (χ1v) is 12.8. The maximum atomic E-state index is 14.5. The van der Waals surface area contributed by atoms with E-state index in [0.717, 1.165) is 21.9 Å². The molecule has 1 unspecified atom stereocenters. The van der Waals surface area contributed by atoms with E-state index in [4.69, 9.17) is 11.6 Å². The summed E-state index contributed by atoms with van der Waals surface area (Å²) in [5, 5.41) is 12.2. The molecule has 0 bridgehead atoms. The molecule has 2 N–H and O–H groups in total. The van der Waals surface area contributed by atoms with Crippen LogP contribution in [0.1, 0.15) is 45.2 Å². The summed E-state index contributed by atoms with van der Waals surface area (Å²) in [5.74, 6) is -5.42. The van der Waals surface area contributed by atoms with E-state index in [-0.39, 0.29) is 16.3 Å². The average Bonchev–Trinajstić information content (AvgIpc) is 3.19. The Morgan fingerprint density at radius 2 is 1.77 bits per heavy atom. The van der Waals surface area contributed by atoms with Gasteiger partial charge in [0.15, 0.2) is 0 Å². The first-order chi connectivity index (χ1) is 18.6. The zero-order valence-electron chi connectivity index (χ0n) is 21.9. The second-order valence-electron chi connectivity index (χ2n) is 10.8. The van der Waals surface area contributed by atoms with Crippen molar-refractivity contribution in [1.29, 1.82) is 0 Å². The third-order valence-electron chi connectivity index (χ3n) is 6.81. The van der Waals surface area contributed by atoms with Crippen molar-refractivity contribution in [1.82, 2.24) is 15.1 Å². The van der Waals surface area contributed by atoms with Crippen LogP contribution < -0.4 is 10.2 Å². The molecule has 1 saturated carbocycles. The number of alkyl halides is 2. The summed E-state index contributed by atoms with van der Waals surface area (Å²) >= 11 is 6.45. The van der Waals surface area contributed by atoms with Gasteiger partial charge >= 0.3 is 12.1 Å². The van der Waals surface area contributed by atoms with Gasteiger partial charge in [-0.15, -0.1) is 0 Å². The maximum absolute atomic E-state index is 14.5. The first kappa shape index (κ1) is 29.2. The Morgan fingerprint density at radius 1 is 1.12 bits per heavy atom. The molecule has 40 heavy (non-hydrogen) atoms. The molecule has 2 fully saturated rings. The van der Waals surface area contributed by atoms with E-state index in [1.54, 1.807) is 32.9 Å². The van der Waals surface area contributed by atoms with Crippen molar-refractivity contribution in [3.05, 3.63) is 64.9 Å². The van der Waals surface area contributed by atoms with E-state index in [2.05, 4.69) is 5.32 Å². The van der Waals surface area contributed by atoms with Gasteiger partial charge in [-0.05, 0) is 45.0 Å². The van der Waals surface area contributed by atoms with Crippen LogP contribution in [0.25, 0.3) is 0 Å². The molecule has 1 heterocycles. The van der Waals surface area contributed by atoms with Gasteiger partial charge in [0.2, 0.25) is 5.91 Å². The van der Waals surface area contributed by atoms with Crippen LogP contribution >= 0.6 is 11.6 Å². The summed E-state index contributed by atoms with van der Waals surface area (Å²) in [7, 11) is 0. The van der Waals surface area contributed by atoms with Crippen molar-refractivity contribution in [2.24, 2.45) is 0 Å². The van der Waals surface area contributed by atoms with Crippen LogP contribution in [-0.2, 0) is 9.59 Å². The Hall–Kier alpha value is -3.80. The standard InChI is InChI=1S/C27H28ClF3N4O5/c1-26(2,3)35-20(14-33(24(35)38)25(39)40)23(37)34(17-8-6-7-15(29)11-17)21(18-9-4-5-10-19(18)28)22(36)32-16-12-27(30,31)13-16/h4-11,16,20-21H,12-14H2,1-3H3,(H,32,36)(H,39,40)/t20-,21?/m0/s1. The minimum atomic E-state index is -2.94. The number of benzene rings is 2. The summed E-state index contributed by atoms with van der Waals surface area (Å²) in [6.45, 7) is 4.27. The number of amides is 5. The number of anilines is 1. The summed E-state index contributed by atoms with van der Waals surface area (Å²) in [6.07, 6.45) is -2.76. The number of rotatable bonds is 6. The number of hydrogen-bond donors (Lipinski definition) is 2. The molecule has 0 spiro atoms. The Bertz CT molecular complexity index is 1340. The van der Waals surface area contributed by atoms with Crippen LogP contribution in [0.2, 0.25) is 5.02 Å². The van der Waals surface area contributed by atoms with E-state index in [1.165, 1.54) is 24.3 Å². The number of nitrogens with one attached hydrogen (secondary N) is 1. The summed E-state index contributed by atoms with van der Waals surface area (Å²) in [5.41, 5.74) is -0.999. The number of urea groups is 1. The summed E-state index contributed by atoms with van der Waals surface area (Å²) < 4.78 is 41.6. The normalized spacial score (nSPS) is 19.7. The van der Waals surface area contributed by atoms with E-state index >= 15 is 0 Å². The first-order valence-electron chi connectivity index (χ1n) is 12.5. The number of halogens is 4. The van der Waals surface area contributed by atoms with Crippen LogP contribution in [0, 0.1) is 5.82 Å². The fourth-order valence-electron chi connectivity index (χ4n) is 5.03. The highest BCUT2D eigenvalue weighted by molar-refractivity contribution is 6.31. The minimum Gasteiger partial charge on any atom is -0.465 e. The van der Waals surface area contributed by atoms with Gasteiger partial charge in [0.25, 0.3) is 11.8 Å². The number of carbonyl (C=O) groups is 4. The third kappa shape index (κ3) is 5.72. The minimum absolute atomic E-state index is 0.0677. The molecule has 0 aromatic heterocycles. The van der Waals surface area contributed by atoms with Gasteiger partial charge in [-0.25, -0.2) is 27.7 Å². The molecular formula is C27H28ClF3N4O5. The van der Waals surface area contributed by atoms with Gasteiger partial charge < -0.3 is 15.3 Å². The van der Waals surface area contributed by atoms with Crippen LogP contribution in [-0.4, -0.2) is 68.9 Å². The molecule has 5 amide bonds. The SMILES string of the molecule is CC(C)(C)N1C(=O)N(C(=O)O)C[C@H]1C(=O)N(c1cccc(F)c1)C(C(=O)NC1CC(F)(F)C1)c1ccccc1Cl. The number of carbonyl (C=O) groups excluding carboxylic acids is 3. The Labute approximate surface area is 233 Å². The molecule has 214 valence electrons. The monoisotopic (exact) mass is 580 g/mol. The van der Waals surface area contributed by atoms with Gasteiger partial charge in [0.05, 0.1) is 6.54 Å². The fraction of sp³-hybridized carbons (Fsp3) is 0.407. The highest BCUT2D eigenvalue weighted by atomic mass is 35.5. The molecule has 13 heteroatoms. The van der Waals surface area contributed by atoms with Crippen LogP contribution in [0.5, 0.6) is 0 Å². The fourth-order valence-corrected chi connectivity index (χ4v) is 5.27. The van der Waals surface area contributed by atoms with E-state index in [1.807, 2.05) is 0 Å². The predicted molar refractivity (Wildman–Crippen MR) is 140 cm³/mol. The molecule has 9 nitrogen and oxygen atoms in total. The van der Waals surface area contributed by atoms with Crippen molar-refractivity contribution < 1.29 is 37.5 Å². The second kappa shape index (κ2) is 10.6. The van der Waals surface area contributed by atoms with Crippen LogP contribution in [0.15, 0.2) is 48.5 Å². The Morgan fingerprint density at radius 3 is 2.33 bits per heavy atom. The van der Waals surface area contributed by atoms with Gasteiger partial charge in [-0.2, -0.15) is 0 Å². The van der Waals surface area contributed by atoms with Crippen LogP contribution in [0.3, 0.4) is 0 Å². The van der Waals surface area contributed by atoms with E-state index in [0.29, 0.717) is 4.90 Å². The summed E-state index contributed by atoms with van der Waals surface area (Å²) in [6, 6.07) is 6.08. The maximum Gasteiger partial charge on any atom is 0.415 e. The lowest BCUT2D eigenvalue weighted by molar-refractivity contribution is -0.133. The zero-order chi connectivity index (χ0) is 29.6. The smallest absolute Gasteiger partial charge is 0.415 e. The number of hydrogen-bond acceptors (Lipinski definition) is 4. The van der Waals surface area contributed by atoms with Crippen LogP contribution in [0.4, 0.5) is 28.4 Å². The predicted octanol–water partition coefficient (Wildman–Crippen LogP) is 5.05. The number of imide groups is 1. The Balaban J connectivity index is 1.85. The molecule has 4 rings (SSSR count). The lowest BCUT2D eigenvalue weighted by Gasteiger charge is -2.40. The molecule has 0 radical (unpaired) electrons. The lowest BCUT2D eigenvalue weighted by atomic mass is 9.87. The quantitative estimate of drug-likeness (QED) is 0.497. The molecule has 2 aromatic rings. The van der Waals surface area contributed by atoms with Gasteiger partial charge in [0.1, 0.15) is 17.9 Å². The Kier molecular flexibility index (Phi) is 7.77. The van der Waals surface area contributed by atoms with Crippen molar-refractivity contribution in [2.75, 3.05) is 11.4 Å². The van der Waals surface area contributed by atoms with E-state index in [9.17, 15) is 37.5 Å². The summed E-state index contributed by atoms with van der Waals surface area (Å²) in [4.78, 5) is 55.5. The topological polar surface area (TPSA) is 110 Å². The lowest BCUT2D eigenvalue weighted by Crippen LogP contribution is -2.58. The van der Waals surface area contributed by atoms with Gasteiger partial charge in [0, 0.05) is 40.7 Å². The van der Waals surface area contributed by atoms with Crippen molar-refractivity contribution >= 4 is 41.2 Å². The molecule has 1 aliphatic carbocycles. The second-order valence-corrected chi connectivity index (χ2v) is 11.2. The van der Waals surface area contributed by atoms with Crippen molar-refractivity contribution in [2.45, 2.75) is 63.2 Å². The van der Waals surface area contributed by atoms with Crippen molar-refractivity contribution in [3.8, 4) is 0 Å². The zero-order valence-corrected chi connectivity index (χ0v) is 22.7. The third-order valence-corrected chi connectivity index (χ3v) is 7.15.